The second-order valence-electron chi connectivity index (χ2n) is 5.99. The first-order chi connectivity index (χ1) is 14.1. The number of benzene rings is 3. The number of halogens is 3. The van der Waals surface area contributed by atoms with Gasteiger partial charge in [0.05, 0.1) is 16.3 Å². The number of anilines is 2. The second-order valence-corrected chi connectivity index (χ2v) is 8.81. The fraction of sp³-hybridized carbons (Fsp3) is 0.0500. The predicted octanol–water partition coefficient (Wildman–Crippen LogP) is 5.35. The van der Waals surface area contributed by atoms with Crippen LogP contribution in [-0.2, 0) is 10.0 Å². The average Bonchev–Trinajstić information content (AvgIpc) is 2.69. The molecule has 156 valence electrons. The molecule has 0 saturated heterocycles. The van der Waals surface area contributed by atoms with Gasteiger partial charge in [-0.25, -0.2) is 8.42 Å². The zero-order chi connectivity index (χ0) is 21.8. The molecule has 10 heteroatoms. The topological polar surface area (TPSA) is 75.3 Å². The van der Waals surface area contributed by atoms with E-state index in [0.29, 0.717) is 0 Å². The van der Waals surface area contributed by atoms with Crippen molar-refractivity contribution in [1.29, 1.82) is 0 Å². The van der Waals surface area contributed by atoms with Crippen LogP contribution >= 0.6 is 11.8 Å². The Bertz CT molecular complexity index is 1130. The van der Waals surface area contributed by atoms with E-state index >= 15 is 0 Å². The van der Waals surface area contributed by atoms with Crippen LogP contribution in [0.2, 0.25) is 0 Å². The van der Waals surface area contributed by atoms with E-state index in [1.807, 2.05) is 0 Å². The molecular weight excluding hydrogens is 437 g/mol. The highest BCUT2D eigenvalue weighted by atomic mass is 32.2. The van der Waals surface area contributed by atoms with Crippen LogP contribution in [0.1, 0.15) is 10.4 Å². The third-order valence-electron chi connectivity index (χ3n) is 3.82. The monoisotopic (exact) mass is 452 g/mol. The lowest BCUT2D eigenvalue weighted by Crippen LogP contribution is -2.17. The van der Waals surface area contributed by atoms with Gasteiger partial charge in [-0.15, -0.1) is 0 Å². The highest BCUT2D eigenvalue weighted by Crippen LogP contribution is 2.36. The van der Waals surface area contributed by atoms with Gasteiger partial charge in [0.1, 0.15) is 0 Å². The number of para-hydroxylation sites is 2. The molecule has 0 atom stereocenters. The fourth-order valence-electron chi connectivity index (χ4n) is 2.49. The van der Waals surface area contributed by atoms with Crippen LogP contribution in [0.4, 0.5) is 24.5 Å². The van der Waals surface area contributed by atoms with E-state index in [2.05, 4.69) is 10.0 Å². The largest absolute Gasteiger partial charge is 0.446 e. The van der Waals surface area contributed by atoms with Crippen LogP contribution in [0, 0.1) is 0 Å². The van der Waals surface area contributed by atoms with Crippen molar-refractivity contribution in [3.8, 4) is 0 Å². The number of nitrogens with one attached hydrogen (secondary N) is 2. The molecule has 0 aliphatic rings. The Morgan fingerprint density at radius 1 is 0.800 bits per heavy atom. The first-order valence-electron chi connectivity index (χ1n) is 8.48. The zero-order valence-electron chi connectivity index (χ0n) is 15.2. The Balaban J connectivity index is 1.77. The minimum Gasteiger partial charge on any atom is -0.320 e. The van der Waals surface area contributed by atoms with Crippen molar-refractivity contribution in [2.75, 3.05) is 10.0 Å². The van der Waals surface area contributed by atoms with Crippen molar-refractivity contribution in [2.24, 2.45) is 0 Å². The molecule has 0 fully saturated rings. The molecule has 1 amide bonds. The van der Waals surface area contributed by atoms with E-state index in [1.54, 1.807) is 30.3 Å². The number of alkyl halides is 3. The molecule has 3 rings (SSSR count). The number of sulfonamides is 1. The van der Waals surface area contributed by atoms with Crippen LogP contribution < -0.4 is 10.0 Å². The van der Waals surface area contributed by atoms with Crippen molar-refractivity contribution >= 4 is 39.1 Å². The van der Waals surface area contributed by atoms with E-state index in [-0.39, 0.29) is 38.5 Å². The van der Waals surface area contributed by atoms with Crippen molar-refractivity contribution in [1.82, 2.24) is 0 Å². The van der Waals surface area contributed by atoms with E-state index in [9.17, 15) is 26.4 Å². The van der Waals surface area contributed by atoms with Crippen LogP contribution in [0.25, 0.3) is 0 Å². The van der Waals surface area contributed by atoms with Gasteiger partial charge in [0.25, 0.3) is 15.9 Å². The number of carbonyl (C=O) groups is 1. The maximum Gasteiger partial charge on any atom is 0.446 e. The third-order valence-corrected chi connectivity index (χ3v) is 5.94. The number of rotatable bonds is 6. The third kappa shape index (κ3) is 5.77. The Kier molecular flexibility index (Phi) is 6.37. The van der Waals surface area contributed by atoms with Crippen LogP contribution in [0.5, 0.6) is 0 Å². The van der Waals surface area contributed by atoms with Gasteiger partial charge in [-0.2, -0.15) is 13.2 Å². The van der Waals surface area contributed by atoms with Gasteiger partial charge in [-0.3, -0.25) is 9.52 Å². The number of amides is 1. The molecule has 2 N–H and O–H groups in total. The van der Waals surface area contributed by atoms with Crippen LogP contribution in [0.3, 0.4) is 0 Å². The highest BCUT2D eigenvalue weighted by molar-refractivity contribution is 8.00. The summed E-state index contributed by atoms with van der Waals surface area (Å²) in [5.74, 6) is -0.593. The number of carbonyl (C=O) groups excluding carboxylic acids is 1. The summed E-state index contributed by atoms with van der Waals surface area (Å²) < 4.78 is 64.8. The summed E-state index contributed by atoms with van der Waals surface area (Å²) in [6.07, 6.45) is 0. The molecule has 5 nitrogen and oxygen atoms in total. The van der Waals surface area contributed by atoms with Crippen molar-refractivity contribution in [3.63, 3.8) is 0 Å². The van der Waals surface area contributed by atoms with Gasteiger partial charge in [0, 0.05) is 10.5 Å². The summed E-state index contributed by atoms with van der Waals surface area (Å²) in [7, 11) is -3.87. The molecule has 0 radical (unpaired) electrons. The SMILES string of the molecule is O=C(Nc1ccccc1NS(=O)(=O)c1ccccc1)c1ccc(SC(F)(F)F)cc1. The van der Waals surface area contributed by atoms with E-state index in [1.165, 1.54) is 48.5 Å². The average molecular weight is 452 g/mol. The zero-order valence-corrected chi connectivity index (χ0v) is 16.8. The second kappa shape index (κ2) is 8.80. The van der Waals surface area contributed by atoms with E-state index in [4.69, 9.17) is 0 Å². The molecular formula is C20H15F3N2O3S2. The molecule has 0 bridgehead atoms. The standard InChI is InChI=1S/C20H15F3N2O3S2/c21-20(22,23)29-15-12-10-14(11-13-15)19(26)24-17-8-4-5-9-18(17)25-30(27,28)16-6-2-1-3-7-16/h1-13,25H,(H,24,26). The summed E-state index contributed by atoms with van der Waals surface area (Å²) in [5, 5.41) is 2.57. The molecule has 0 unspecified atom stereocenters. The summed E-state index contributed by atoms with van der Waals surface area (Å²) in [5.41, 5.74) is -3.93. The van der Waals surface area contributed by atoms with Gasteiger partial charge in [-0.1, -0.05) is 30.3 Å². The molecule has 30 heavy (non-hydrogen) atoms. The molecule has 0 saturated carbocycles. The first kappa shape index (κ1) is 21.7. The fourth-order valence-corrected chi connectivity index (χ4v) is 4.13. The summed E-state index contributed by atoms with van der Waals surface area (Å²) >= 11 is -0.277. The minimum atomic E-state index is -4.42. The summed E-state index contributed by atoms with van der Waals surface area (Å²) in [6.45, 7) is 0. The van der Waals surface area contributed by atoms with Crippen LogP contribution in [0.15, 0.2) is 88.7 Å². The molecule has 0 aliphatic carbocycles. The summed E-state index contributed by atoms with van der Waals surface area (Å²) in [4.78, 5) is 12.5. The Morgan fingerprint density at radius 2 is 1.37 bits per heavy atom. The lowest BCUT2D eigenvalue weighted by atomic mass is 10.2. The van der Waals surface area contributed by atoms with Crippen molar-refractivity contribution < 1.29 is 26.4 Å². The van der Waals surface area contributed by atoms with Gasteiger partial charge >= 0.3 is 5.51 Å². The Hall–Kier alpha value is -2.98. The maximum atomic E-state index is 12.5. The van der Waals surface area contributed by atoms with Gasteiger partial charge in [-0.05, 0) is 60.3 Å². The predicted molar refractivity (Wildman–Crippen MR) is 110 cm³/mol. The molecule has 0 aromatic heterocycles. The lowest BCUT2D eigenvalue weighted by Gasteiger charge is -2.14. The molecule has 3 aromatic rings. The molecule has 3 aromatic carbocycles. The smallest absolute Gasteiger partial charge is 0.320 e. The Labute approximate surface area is 175 Å². The number of hydrogen-bond donors (Lipinski definition) is 2. The molecule has 0 heterocycles. The maximum absolute atomic E-state index is 12.5. The number of hydrogen-bond acceptors (Lipinski definition) is 4. The lowest BCUT2D eigenvalue weighted by molar-refractivity contribution is -0.0328. The number of thioether (sulfide) groups is 1. The molecule has 0 aliphatic heterocycles. The Morgan fingerprint density at radius 3 is 1.97 bits per heavy atom. The van der Waals surface area contributed by atoms with Crippen molar-refractivity contribution in [2.45, 2.75) is 15.3 Å². The normalized spacial score (nSPS) is 11.7. The highest BCUT2D eigenvalue weighted by Gasteiger charge is 2.29. The van der Waals surface area contributed by atoms with Gasteiger partial charge in [0.15, 0.2) is 0 Å². The quantitative estimate of drug-likeness (QED) is 0.495. The van der Waals surface area contributed by atoms with E-state index in [0.717, 1.165) is 0 Å². The summed E-state index contributed by atoms with van der Waals surface area (Å²) in [6, 6.07) is 18.8. The minimum absolute atomic E-state index is 0.0462. The molecule has 0 spiro atoms. The van der Waals surface area contributed by atoms with Crippen molar-refractivity contribution in [3.05, 3.63) is 84.4 Å². The van der Waals surface area contributed by atoms with E-state index < -0.39 is 21.4 Å². The first-order valence-corrected chi connectivity index (χ1v) is 10.8. The van der Waals surface area contributed by atoms with Gasteiger partial charge < -0.3 is 5.32 Å². The van der Waals surface area contributed by atoms with Crippen LogP contribution in [-0.4, -0.2) is 19.8 Å². The van der Waals surface area contributed by atoms with Gasteiger partial charge in [0.2, 0.25) is 0 Å².